The van der Waals surface area contributed by atoms with Gasteiger partial charge in [-0.05, 0) is 12.1 Å². The molecule has 0 amide bonds. The third-order valence-corrected chi connectivity index (χ3v) is 1.73. The molecule has 0 radical (unpaired) electrons. The van der Waals surface area contributed by atoms with Crippen LogP contribution in [-0.4, -0.2) is 7.11 Å². The zero-order valence-corrected chi connectivity index (χ0v) is 6.95. The molecule has 1 aromatic carbocycles. The molecule has 0 saturated carbocycles. The van der Waals surface area contributed by atoms with Gasteiger partial charge in [-0.25, -0.2) is 4.52 Å². The van der Waals surface area contributed by atoms with E-state index in [0.29, 0.717) is 5.75 Å². The van der Waals surface area contributed by atoms with Crippen LogP contribution in [0.2, 0.25) is 0 Å². The lowest BCUT2D eigenvalue weighted by Gasteiger charge is -1.87. The molecule has 1 aromatic rings. The lowest BCUT2D eigenvalue weighted by Crippen LogP contribution is -1.80. The summed E-state index contributed by atoms with van der Waals surface area (Å²) < 4.78 is 20.0. The largest absolute Gasteiger partial charge is 0.749 e. The smallest absolute Gasteiger partial charge is 0.229 e. The Morgan fingerprint density at radius 3 is 2.45 bits per heavy atom. The lowest BCUT2D eigenvalue weighted by molar-refractivity contribution is 0.349. The molecule has 0 N–H and O–H groups in total. The van der Waals surface area contributed by atoms with E-state index in [9.17, 15) is 4.57 Å². The van der Waals surface area contributed by atoms with Crippen molar-refractivity contribution in [3.8, 4) is 5.75 Å². The van der Waals surface area contributed by atoms with Crippen molar-refractivity contribution in [3.05, 3.63) is 30.3 Å². The molecule has 1 unspecified atom stereocenters. The van der Waals surface area contributed by atoms with Crippen LogP contribution < -0.4 is 4.52 Å². The van der Waals surface area contributed by atoms with Crippen LogP contribution in [0.1, 0.15) is 0 Å². The van der Waals surface area contributed by atoms with Crippen LogP contribution in [0, 0.1) is 0 Å². The molecule has 0 aliphatic carbocycles. The van der Waals surface area contributed by atoms with Gasteiger partial charge in [0.1, 0.15) is 0 Å². The van der Waals surface area contributed by atoms with Crippen molar-refractivity contribution in [1.82, 2.24) is 0 Å². The van der Waals surface area contributed by atoms with Gasteiger partial charge in [-0.1, -0.05) is 18.2 Å². The number of hydrogen-bond donors (Lipinski definition) is 0. The summed E-state index contributed by atoms with van der Waals surface area (Å²) in [6, 6.07) is 8.88. The van der Waals surface area contributed by atoms with Crippen molar-refractivity contribution in [2.24, 2.45) is 0 Å². The number of para-hydroxylation sites is 1. The molecular formula is C7H8O3P+. The minimum atomic E-state index is -2.00. The van der Waals surface area contributed by atoms with Crippen molar-refractivity contribution < 1.29 is 13.6 Å². The van der Waals surface area contributed by atoms with Gasteiger partial charge in [0.15, 0.2) is 5.75 Å². The Morgan fingerprint density at radius 2 is 1.91 bits per heavy atom. The van der Waals surface area contributed by atoms with Crippen LogP contribution in [0.4, 0.5) is 0 Å². The average molecular weight is 171 g/mol. The molecule has 0 fully saturated rings. The molecule has 11 heavy (non-hydrogen) atoms. The highest BCUT2D eigenvalue weighted by Crippen LogP contribution is 2.25. The fourth-order valence-corrected chi connectivity index (χ4v) is 0.973. The Morgan fingerprint density at radius 1 is 1.27 bits per heavy atom. The summed E-state index contributed by atoms with van der Waals surface area (Å²) in [5.74, 6) is 0.551. The zero-order chi connectivity index (χ0) is 8.10. The van der Waals surface area contributed by atoms with Crippen LogP contribution >= 0.6 is 8.25 Å². The van der Waals surface area contributed by atoms with E-state index in [2.05, 4.69) is 4.52 Å². The van der Waals surface area contributed by atoms with Crippen molar-refractivity contribution >= 4 is 8.25 Å². The van der Waals surface area contributed by atoms with Crippen LogP contribution in [0.15, 0.2) is 30.3 Å². The summed E-state index contributed by atoms with van der Waals surface area (Å²) in [5, 5.41) is 0. The third kappa shape index (κ3) is 2.66. The van der Waals surface area contributed by atoms with E-state index in [1.54, 1.807) is 24.3 Å². The predicted octanol–water partition coefficient (Wildman–Crippen LogP) is 2.37. The highest BCUT2D eigenvalue weighted by Gasteiger charge is 2.17. The second-order valence-corrected chi connectivity index (χ2v) is 2.81. The van der Waals surface area contributed by atoms with Gasteiger partial charge in [0.25, 0.3) is 0 Å². The fourth-order valence-electron chi connectivity index (χ4n) is 0.605. The topological polar surface area (TPSA) is 35.5 Å². The molecule has 58 valence electrons. The van der Waals surface area contributed by atoms with E-state index in [-0.39, 0.29) is 0 Å². The predicted molar refractivity (Wildman–Crippen MR) is 41.7 cm³/mol. The maximum Gasteiger partial charge on any atom is 0.749 e. The Hall–Kier alpha value is -0.920. The van der Waals surface area contributed by atoms with E-state index in [1.165, 1.54) is 7.11 Å². The normalized spacial score (nSPS) is 10.8. The second kappa shape index (κ2) is 4.06. The molecule has 1 atom stereocenters. The molecule has 0 heterocycles. The van der Waals surface area contributed by atoms with E-state index >= 15 is 0 Å². The summed E-state index contributed by atoms with van der Waals surface area (Å²) in [5.41, 5.74) is 0. The molecule has 3 nitrogen and oxygen atoms in total. The van der Waals surface area contributed by atoms with Crippen molar-refractivity contribution in [1.29, 1.82) is 0 Å². The van der Waals surface area contributed by atoms with Gasteiger partial charge in [-0.15, -0.1) is 4.52 Å². The standard InChI is InChI=1S/C7H8O3P/c1-9-11(8)10-7-5-3-2-4-6-7/h2-6H,1H3/q+1. The van der Waals surface area contributed by atoms with Crippen molar-refractivity contribution in [3.63, 3.8) is 0 Å². The van der Waals surface area contributed by atoms with Crippen LogP contribution in [0.5, 0.6) is 5.75 Å². The minimum Gasteiger partial charge on any atom is -0.229 e. The Balaban J connectivity index is 2.58. The van der Waals surface area contributed by atoms with Crippen LogP contribution in [-0.2, 0) is 9.09 Å². The first kappa shape index (κ1) is 8.18. The Labute approximate surface area is 65.9 Å². The van der Waals surface area contributed by atoms with Crippen LogP contribution in [0.3, 0.4) is 0 Å². The van der Waals surface area contributed by atoms with E-state index in [4.69, 9.17) is 4.52 Å². The fraction of sp³-hybridized carbons (Fsp3) is 0.143. The first-order valence-corrected chi connectivity index (χ1v) is 4.17. The lowest BCUT2D eigenvalue weighted by atomic mass is 10.3. The summed E-state index contributed by atoms with van der Waals surface area (Å²) in [6.07, 6.45) is 0. The Bertz CT molecular complexity index is 235. The number of benzene rings is 1. The van der Waals surface area contributed by atoms with Gasteiger partial charge in [0.2, 0.25) is 0 Å². The molecule has 1 rings (SSSR count). The maximum atomic E-state index is 10.7. The molecule has 0 saturated heterocycles. The first-order chi connectivity index (χ1) is 5.33. The highest BCUT2D eigenvalue weighted by molar-refractivity contribution is 7.33. The summed E-state index contributed by atoms with van der Waals surface area (Å²) >= 11 is 0. The molecule has 0 aliphatic rings. The maximum absolute atomic E-state index is 10.7. The third-order valence-electron chi connectivity index (χ3n) is 1.07. The quantitative estimate of drug-likeness (QED) is 0.655. The van der Waals surface area contributed by atoms with Gasteiger partial charge in [-0.3, -0.25) is 0 Å². The van der Waals surface area contributed by atoms with Crippen molar-refractivity contribution in [2.75, 3.05) is 7.11 Å². The van der Waals surface area contributed by atoms with Crippen molar-refractivity contribution in [2.45, 2.75) is 0 Å². The summed E-state index contributed by atoms with van der Waals surface area (Å²) in [7, 11) is -0.670. The van der Waals surface area contributed by atoms with E-state index < -0.39 is 8.25 Å². The molecule has 0 bridgehead atoms. The monoisotopic (exact) mass is 171 g/mol. The van der Waals surface area contributed by atoms with Gasteiger partial charge < -0.3 is 0 Å². The Kier molecular flexibility index (Phi) is 3.02. The van der Waals surface area contributed by atoms with Crippen LogP contribution in [0.25, 0.3) is 0 Å². The molecule has 0 aliphatic heterocycles. The minimum absolute atomic E-state index is 0.551. The molecule has 0 aromatic heterocycles. The van der Waals surface area contributed by atoms with Gasteiger partial charge in [-0.2, -0.15) is 0 Å². The first-order valence-electron chi connectivity index (χ1n) is 3.07. The van der Waals surface area contributed by atoms with Gasteiger partial charge in [0, 0.05) is 4.57 Å². The molecular weight excluding hydrogens is 163 g/mol. The summed E-state index contributed by atoms with van der Waals surface area (Å²) in [6.45, 7) is 0. The highest BCUT2D eigenvalue weighted by atomic mass is 31.1. The number of hydrogen-bond acceptors (Lipinski definition) is 3. The average Bonchev–Trinajstić information content (AvgIpc) is 2.06. The summed E-state index contributed by atoms with van der Waals surface area (Å²) in [4.78, 5) is 0. The number of rotatable bonds is 3. The van der Waals surface area contributed by atoms with Gasteiger partial charge in [0.05, 0.1) is 7.11 Å². The molecule has 0 spiro atoms. The second-order valence-electron chi connectivity index (χ2n) is 1.81. The van der Waals surface area contributed by atoms with E-state index in [0.717, 1.165) is 0 Å². The molecule has 4 heteroatoms. The zero-order valence-electron chi connectivity index (χ0n) is 6.06. The van der Waals surface area contributed by atoms with Gasteiger partial charge >= 0.3 is 8.25 Å². The van der Waals surface area contributed by atoms with E-state index in [1.807, 2.05) is 6.07 Å². The SMILES string of the molecule is CO[P+](=O)Oc1ccccc1.